The minimum absolute atomic E-state index is 0.159. The Morgan fingerprint density at radius 3 is 2.38 bits per heavy atom. The van der Waals surface area contributed by atoms with Crippen LogP contribution >= 0.6 is 0 Å². The number of aliphatic hydroxyl groups excluding tert-OH is 1. The zero-order valence-electron chi connectivity index (χ0n) is 9.30. The van der Waals surface area contributed by atoms with Crippen molar-refractivity contribution >= 4 is 0 Å². The van der Waals surface area contributed by atoms with Crippen LogP contribution in [0.25, 0.3) is 0 Å². The van der Waals surface area contributed by atoms with E-state index in [2.05, 4.69) is 33.8 Å². The monoisotopic (exact) mass is 182 g/mol. The SMILES string of the molecule is CCC(C)=CCC(C)C(C)=CCO. The minimum atomic E-state index is 0.159. The van der Waals surface area contributed by atoms with Gasteiger partial charge in [-0.1, -0.05) is 37.1 Å². The lowest BCUT2D eigenvalue weighted by atomic mass is 9.97. The Bertz CT molecular complexity index is 189. The van der Waals surface area contributed by atoms with Gasteiger partial charge in [-0.3, -0.25) is 0 Å². The molecule has 0 aromatic rings. The first-order valence-electron chi connectivity index (χ1n) is 5.05. The van der Waals surface area contributed by atoms with Crippen LogP contribution in [0.15, 0.2) is 23.3 Å². The van der Waals surface area contributed by atoms with Crippen LogP contribution in [0.4, 0.5) is 0 Å². The summed E-state index contributed by atoms with van der Waals surface area (Å²) in [5, 5.41) is 8.72. The number of hydrogen-bond acceptors (Lipinski definition) is 1. The second kappa shape index (κ2) is 6.90. The lowest BCUT2D eigenvalue weighted by Crippen LogP contribution is -1.96. The number of rotatable bonds is 5. The maximum Gasteiger partial charge on any atom is 0.0615 e. The highest BCUT2D eigenvalue weighted by atomic mass is 16.2. The van der Waals surface area contributed by atoms with Gasteiger partial charge < -0.3 is 5.11 Å². The molecular formula is C12H22O. The third-order valence-electron chi connectivity index (χ3n) is 2.57. The summed E-state index contributed by atoms with van der Waals surface area (Å²) in [6.07, 6.45) is 6.40. The van der Waals surface area contributed by atoms with E-state index >= 15 is 0 Å². The fourth-order valence-corrected chi connectivity index (χ4v) is 1.05. The zero-order valence-corrected chi connectivity index (χ0v) is 9.30. The molecule has 0 aliphatic rings. The molecular weight excluding hydrogens is 160 g/mol. The van der Waals surface area contributed by atoms with Crippen molar-refractivity contribution in [2.75, 3.05) is 6.61 Å². The summed E-state index contributed by atoms with van der Waals surface area (Å²) in [7, 11) is 0. The van der Waals surface area contributed by atoms with Crippen LogP contribution in [0.2, 0.25) is 0 Å². The lowest BCUT2D eigenvalue weighted by molar-refractivity contribution is 0.340. The molecule has 1 atom stereocenters. The van der Waals surface area contributed by atoms with Crippen LogP contribution in [-0.2, 0) is 0 Å². The molecule has 0 aliphatic carbocycles. The van der Waals surface area contributed by atoms with E-state index in [1.165, 1.54) is 11.1 Å². The molecule has 1 nitrogen and oxygen atoms in total. The highest BCUT2D eigenvalue weighted by Crippen LogP contribution is 2.15. The molecule has 1 N–H and O–H groups in total. The Kier molecular flexibility index (Phi) is 6.61. The Balaban J connectivity index is 4.00. The van der Waals surface area contributed by atoms with Crippen molar-refractivity contribution in [2.45, 2.75) is 40.5 Å². The second-order valence-electron chi connectivity index (χ2n) is 3.67. The maximum absolute atomic E-state index is 8.72. The van der Waals surface area contributed by atoms with Gasteiger partial charge in [-0.2, -0.15) is 0 Å². The topological polar surface area (TPSA) is 20.2 Å². The smallest absolute Gasteiger partial charge is 0.0615 e. The van der Waals surface area contributed by atoms with Crippen molar-refractivity contribution in [3.05, 3.63) is 23.3 Å². The minimum Gasteiger partial charge on any atom is -0.392 e. The molecule has 0 heterocycles. The third-order valence-corrected chi connectivity index (χ3v) is 2.57. The molecule has 0 aromatic carbocycles. The van der Waals surface area contributed by atoms with Gasteiger partial charge in [0.15, 0.2) is 0 Å². The van der Waals surface area contributed by atoms with Crippen LogP contribution in [0.1, 0.15) is 40.5 Å². The fraction of sp³-hybridized carbons (Fsp3) is 0.667. The quantitative estimate of drug-likeness (QED) is 0.647. The molecule has 0 aliphatic heterocycles. The highest BCUT2D eigenvalue weighted by molar-refractivity contribution is 5.06. The van der Waals surface area contributed by atoms with Crippen LogP contribution in [0, 0.1) is 5.92 Å². The molecule has 1 unspecified atom stereocenters. The summed E-state index contributed by atoms with van der Waals surface area (Å²) < 4.78 is 0. The van der Waals surface area contributed by atoms with Crippen molar-refractivity contribution in [3.63, 3.8) is 0 Å². The molecule has 0 spiro atoms. The van der Waals surface area contributed by atoms with Gasteiger partial charge in [0.2, 0.25) is 0 Å². The van der Waals surface area contributed by atoms with Crippen molar-refractivity contribution in [1.82, 2.24) is 0 Å². The van der Waals surface area contributed by atoms with Gasteiger partial charge in [0.25, 0.3) is 0 Å². The molecule has 0 saturated heterocycles. The first-order chi connectivity index (χ1) is 6.11. The molecule has 0 radical (unpaired) electrons. The zero-order chi connectivity index (χ0) is 10.3. The van der Waals surface area contributed by atoms with Crippen molar-refractivity contribution < 1.29 is 5.11 Å². The van der Waals surface area contributed by atoms with Crippen molar-refractivity contribution in [1.29, 1.82) is 0 Å². The highest BCUT2D eigenvalue weighted by Gasteiger charge is 2.01. The van der Waals surface area contributed by atoms with Gasteiger partial charge in [-0.25, -0.2) is 0 Å². The first kappa shape index (κ1) is 12.4. The molecule has 0 amide bonds. The van der Waals surface area contributed by atoms with Gasteiger partial charge in [-0.05, 0) is 32.6 Å². The van der Waals surface area contributed by atoms with Crippen LogP contribution in [0.5, 0.6) is 0 Å². The average molecular weight is 182 g/mol. The van der Waals surface area contributed by atoms with Gasteiger partial charge in [-0.15, -0.1) is 0 Å². The van der Waals surface area contributed by atoms with Gasteiger partial charge in [0.05, 0.1) is 6.61 Å². The molecule has 0 saturated carbocycles. The summed E-state index contributed by atoms with van der Waals surface area (Å²) in [6.45, 7) is 8.77. The van der Waals surface area contributed by atoms with Gasteiger partial charge in [0, 0.05) is 0 Å². The molecule has 13 heavy (non-hydrogen) atoms. The Labute approximate surface area is 82.2 Å². The van der Waals surface area contributed by atoms with E-state index in [0.717, 1.165) is 12.8 Å². The predicted molar refractivity (Wildman–Crippen MR) is 58.7 cm³/mol. The number of aliphatic hydroxyl groups is 1. The molecule has 0 bridgehead atoms. The van der Waals surface area contributed by atoms with E-state index in [4.69, 9.17) is 5.11 Å². The van der Waals surface area contributed by atoms with E-state index in [1.54, 1.807) is 0 Å². The number of hydrogen-bond donors (Lipinski definition) is 1. The van der Waals surface area contributed by atoms with E-state index in [1.807, 2.05) is 6.08 Å². The summed E-state index contributed by atoms with van der Waals surface area (Å²) >= 11 is 0. The Hall–Kier alpha value is -0.560. The van der Waals surface area contributed by atoms with E-state index in [0.29, 0.717) is 5.92 Å². The number of allylic oxidation sites excluding steroid dienone is 3. The van der Waals surface area contributed by atoms with Crippen molar-refractivity contribution in [3.8, 4) is 0 Å². The molecule has 0 rings (SSSR count). The normalized spacial score (nSPS) is 16.1. The van der Waals surface area contributed by atoms with Gasteiger partial charge >= 0.3 is 0 Å². The summed E-state index contributed by atoms with van der Waals surface area (Å²) in [6, 6.07) is 0. The largest absolute Gasteiger partial charge is 0.392 e. The molecule has 76 valence electrons. The predicted octanol–water partition coefficient (Wildman–Crippen LogP) is 3.31. The van der Waals surface area contributed by atoms with E-state index < -0.39 is 0 Å². The summed E-state index contributed by atoms with van der Waals surface area (Å²) in [5.41, 5.74) is 2.73. The fourth-order valence-electron chi connectivity index (χ4n) is 1.05. The van der Waals surface area contributed by atoms with E-state index in [9.17, 15) is 0 Å². The average Bonchev–Trinajstić information content (AvgIpc) is 2.13. The second-order valence-corrected chi connectivity index (χ2v) is 3.67. The van der Waals surface area contributed by atoms with Gasteiger partial charge in [0.1, 0.15) is 0 Å². The Morgan fingerprint density at radius 1 is 1.31 bits per heavy atom. The van der Waals surface area contributed by atoms with Crippen LogP contribution in [0.3, 0.4) is 0 Å². The maximum atomic E-state index is 8.72. The standard InChI is InChI=1S/C12H22O/c1-5-10(2)6-7-11(3)12(4)8-9-13/h6,8,11,13H,5,7,9H2,1-4H3. The molecule has 0 aromatic heterocycles. The molecule has 0 fully saturated rings. The summed E-state index contributed by atoms with van der Waals surface area (Å²) in [5.74, 6) is 0.550. The van der Waals surface area contributed by atoms with Crippen LogP contribution < -0.4 is 0 Å². The third kappa shape index (κ3) is 5.64. The van der Waals surface area contributed by atoms with Crippen LogP contribution in [-0.4, -0.2) is 11.7 Å². The summed E-state index contributed by atoms with van der Waals surface area (Å²) in [4.78, 5) is 0. The Morgan fingerprint density at radius 2 is 1.92 bits per heavy atom. The first-order valence-corrected chi connectivity index (χ1v) is 5.05. The lowest BCUT2D eigenvalue weighted by Gasteiger charge is -2.09. The molecule has 1 heteroatoms. The van der Waals surface area contributed by atoms with E-state index in [-0.39, 0.29) is 6.61 Å². The van der Waals surface area contributed by atoms with Crippen molar-refractivity contribution in [2.24, 2.45) is 5.92 Å².